The number of carboxylic acid groups (broad SMARTS) is 1. The second-order valence-corrected chi connectivity index (χ2v) is 4.09. The van der Waals surface area contributed by atoms with Crippen molar-refractivity contribution in [2.75, 3.05) is 6.54 Å². The molecule has 5 nitrogen and oxygen atoms in total. The highest BCUT2D eigenvalue weighted by Crippen LogP contribution is 2.27. The molecule has 5 heteroatoms. The van der Waals surface area contributed by atoms with Gasteiger partial charge in [0, 0.05) is 13.0 Å². The number of carboxylic acids is 1. The Morgan fingerprint density at radius 1 is 1.41 bits per heavy atom. The number of rotatable bonds is 4. The molecule has 1 aromatic carbocycles. The van der Waals surface area contributed by atoms with Crippen LogP contribution in [0.3, 0.4) is 0 Å². The second kappa shape index (κ2) is 4.83. The van der Waals surface area contributed by atoms with Crippen molar-refractivity contribution in [1.82, 2.24) is 5.06 Å². The smallest absolute Gasteiger partial charge is 0.353 e. The Hall–Kier alpha value is -1.43. The summed E-state index contributed by atoms with van der Waals surface area (Å²) in [6.45, 7) is 0.687. The number of benzene rings is 1. The lowest BCUT2D eigenvalue weighted by Crippen LogP contribution is -2.50. The van der Waals surface area contributed by atoms with Crippen molar-refractivity contribution in [3.05, 3.63) is 35.9 Å². The summed E-state index contributed by atoms with van der Waals surface area (Å²) in [6.07, 6.45) is 0.800. The minimum absolute atomic E-state index is 0.192. The van der Waals surface area contributed by atoms with Crippen LogP contribution in [0.1, 0.15) is 18.4 Å². The molecule has 1 heterocycles. The van der Waals surface area contributed by atoms with Crippen molar-refractivity contribution in [2.24, 2.45) is 0 Å². The summed E-state index contributed by atoms with van der Waals surface area (Å²) in [5, 5.41) is 20.0. The van der Waals surface area contributed by atoms with Crippen molar-refractivity contribution >= 4 is 5.97 Å². The third-order valence-electron chi connectivity index (χ3n) is 2.87. The molecule has 2 N–H and O–H groups in total. The van der Waals surface area contributed by atoms with Crippen molar-refractivity contribution < 1.29 is 19.8 Å². The van der Waals surface area contributed by atoms with Crippen LogP contribution in [0, 0.1) is 0 Å². The van der Waals surface area contributed by atoms with E-state index in [0.717, 1.165) is 10.6 Å². The maximum absolute atomic E-state index is 11.0. The van der Waals surface area contributed by atoms with E-state index in [1.54, 1.807) is 0 Å². The molecule has 2 rings (SSSR count). The molecule has 1 aromatic rings. The molecule has 0 spiro atoms. The fourth-order valence-corrected chi connectivity index (χ4v) is 1.89. The standard InChI is InChI=1S/C12H15NO4/c14-11(15)12(16)7-4-8-13(12)17-9-10-5-2-1-3-6-10/h1-3,5-6,16H,4,7-9H2,(H,14,15)/t12-/m1/s1. The van der Waals surface area contributed by atoms with Crippen LogP contribution < -0.4 is 0 Å². The zero-order chi connectivity index (χ0) is 12.3. The normalized spacial score (nSPS) is 25.0. The molecule has 1 saturated heterocycles. The van der Waals surface area contributed by atoms with E-state index in [0.29, 0.717) is 13.0 Å². The number of aliphatic hydroxyl groups is 1. The van der Waals surface area contributed by atoms with Crippen LogP contribution in [0.4, 0.5) is 0 Å². The predicted octanol–water partition coefficient (Wildman–Crippen LogP) is 0.987. The first kappa shape index (κ1) is 12.0. The second-order valence-electron chi connectivity index (χ2n) is 4.09. The maximum Gasteiger partial charge on any atom is 0.353 e. The van der Waals surface area contributed by atoms with Gasteiger partial charge in [-0.2, -0.15) is 0 Å². The van der Waals surface area contributed by atoms with Crippen LogP contribution in [0.5, 0.6) is 0 Å². The number of aliphatic carboxylic acids is 1. The number of hydrogen-bond donors (Lipinski definition) is 2. The fraction of sp³-hybridized carbons (Fsp3) is 0.417. The van der Waals surface area contributed by atoms with Gasteiger partial charge in [0.25, 0.3) is 0 Å². The van der Waals surface area contributed by atoms with Gasteiger partial charge in [0.1, 0.15) is 0 Å². The number of hydrogen-bond acceptors (Lipinski definition) is 4. The molecule has 1 aliphatic heterocycles. The molecule has 0 amide bonds. The molecule has 0 aliphatic carbocycles. The van der Waals surface area contributed by atoms with E-state index in [1.807, 2.05) is 30.3 Å². The van der Waals surface area contributed by atoms with E-state index in [9.17, 15) is 9.90 Å². The summed E-state index contributed by atoms with van der Waals surface area (Å²) in [5.41, 5.74) is -0.943. The van der Waals surface area contributed by atoms with Crippen LogP contribution >= 0.6 is 0 Å². The molecule has 1 fully saturated rings. The molecular formula is C12H15NO4. The molecule has 1 atom stereocenters. The minimum atomic E-state index is -1.88. The Morgan fingerprint density at radius 2 is 2.12 bits per heavy atom. The zero-order valence-electron chi connectivity index (χ0n) is 9.37. The van der Waals surface area contributed by atoms with Gasteiger partial charge in [-0.05, 0) is 12.0 Å². The zero-order valence-corrected chi connectivity index (χ0v) is 9.37. The van der Waals surface area contributed by atoms with E-state index in [1.165, 1.54) is 0 Å². The van der Waals surface area contributed by atoms with Gasteiger partial charge in [0.05, 0.1) is 6.61 Å². The largest absolute Gasteiger partial charge is 0.478 e. The van der Waals surface area contributed by atoms with Crippen LogP contribution in [-0.4, -0.2) is 33.5 Å². The molecule has 0 bridgehead atoms. The summed E-state index contributed by atoms with van der Waals surface area (Å²) >= 11 is 0. The molecule has 17 heavy (non-hydrogen) atoms. The highest BCUT2D eigenvalue weighted by molar-refractivity contribution is 5.76. The average molecular weight is 237 g/mol. The lowest BCUT2D eigenvalue weighted by molar-refractivity contribution is -0.276. The quantitative estimate of drug-likeness (QED) is 0.817. The average Bonchev–Trinajstić information content (AvgIpc) is 2.71. The third kappa shape index (κ3) is 2.46. The topological polar surface area (TPSA) is 70.0 Å². The van der Waals surface area contributed by atoms with Crippen LogP contribution in [0.2, 0.25) is 0 Å². The molecule has 0 aromatic heterocycles. The van der Waals surface area contributed by atoms with E-state index in [2.05, 4.69) is 0 Å². The molecular weight excluding hydrogens is 222 g/mol. The summed E-state index contributed by atoms with van der Waals surface area (Å²) in [7, 11) is 0. The molecule has 0 unspecified atom stereocenters. The van der Waals surface area contributed by atoms with E-state index < -0.39 is 11.7 Å². The van der Waals surface area contributed by atoms with Crippen LogP contribution in [-0.2, 0) is 16.2 Å². The lowest BCUT2D eigenvalue weighted by atomic mass is 10.2. The van der Waals surface area contributed by atoms with Gasteiger partial charge < -0.3 is 10.2 Å². The first-order valence-electron chi connectivity index (χ1n) is 5.53. The van der Waals surface area contributed by atoms with Gasteiger partial charge in [0.2, 0.25) is 5.72 Å². The Bertz CT molecular complexity index is 395. The summed E-state index contributed by atoms with van der Waals surface area (Å²) in [5.74, 6) is -1.26. The first-order valence-corrected chi connectivity index (χ1v) is 5.53. The van der Waals surface area contributed by atoms with Crippen molar-refractivity contribution in [1.29, 1.82) is 0 Å². The van der Waals surface area contributed by atoms with Crippen molar-refractivity contribution in [3.63, 3.8) is 0 Å². The summed E-state index contributed by atoms with van der Waals surface area (Å²) in [6, 6.07) is 9.43. The number of hydroxylamine groups is 2. The van der Waals surface area contributed by atoms with Gasteiger partial charge in [-0.3, -0.25) is 4.84 Å². The highest BCUT2D eigenvalue weighted by atomic mass is 16.7. The van der Waals surface area contributed by atoms with Crippen molar-refractivity contribution in [2.45, 2.75) is 25.2 Å². The van der Waals surface area contributed by atoms with Gasteiger partial charge in [-0.15, -0.1) is 5.06 Å². The van der Waals surface area contributed by atoms with E-state index in [4.69, 9.17) is 9.94 Å². The van der Waals surface area contributed by atoms with E-state index in [-0.39, 0.29) is 13.0 Å². The summed E-state index contributed by atoms with van der Waals surface area (Å²) < 4.78 is 0. The minimum Gasteiger partial charge on any atom is -0.478 e. The Kier molecular flexibility index (Phi) is 3.42. The third-order valence-corrected chi connectivity index (χ3v) is 2.87. The number of carbonyl (C=O) groups is 1. The van der Waals surface area contributed by atoms with Gasteiger partial charge in [0.15, 0.2) is 0 Å². The maximum atomic E-state index is 11.0. The monoisotopic (exact) mass is 237 g/mol. The van der Waals surface area contributed by atoms with Crippen LogP contribution in [0.25, 0.3) is 0 Å². The molecule has 0 saturated carbocycles. The van der Waals surface area contributed by atoms with Gasteiger partial charge in [-0.25, -0.2) is 4.79 Å². The molecule has 0 radical (unpaired) electrons. The highest BCUT2D eigenvalue weighted by Gasteiger charge is 2.47. The van der Waals surface area contributed by atoms with Gasteiger partial charge >= 0.3 is 5.97 Å². The Labute approximate surface area is 99.2 Å². The van der Waals surface area contributed by atoms with Crippen LogP contribution in [0.15, 0.2) is 30.3 Å². The first-order chi connectivity index (χ1) is 8.13. The van der Waals surface area contributed by atoms with Crippen molar-refractivity contribution in [3.8, 4) is 0 Å². The predicted molar refractivity (Wildman–Crippen MR) is 59.8 cm³/mol. The Morgan fingerprint density at radius 3 is 2.76 bits per heavy atom. The van der Waals surface area contributed by atoms with E-state index >= 15 is 0 Å². The lowest BCUT2D eigenvalue weighted by Gasteiger charge is -2.28. The number of nitrogens with zero attached hydrogens (tertiary/aromatic N) is 1. The fourth-order valence-electron chi connectivity index (χ4n) is 1.89. The SMILES string of the molecule is O=C(O)[C@]1(O)CCCN1OCc1ccccc1. The molecule has 1 aliphatic rings. The molecule has 92 valence electrons. The Balaban J connectivity index is 1.97. The van der Waals surface area contributed by atoms with Gasteiger partial charge in [-0.1, -0.05) is 30.3 Å². The summed E-state index contributed by atoms with van der Waals surface area (Å²) in [4.78, 5) is 16.3.